The number of amides is 1. The fraction of sp³-hybridized carbons (Fsp3) is 0.562. The van der Waals surface area contributed by atoms with Gasteiger partial charge in [-0.3, -0.25) is 4.79 Å². The van der Waals surface area contributed by atoms with Crippen LogP contribution >= 0.6 is 0 Å². The SMILES string of the molecule is Nc1ccc(F)c(C(=O)N2CCCC2C2CCCC2)c1. The van der Waals surface area contributed by atoms with E-state index in [4.69, 9.17) is 5.73 Å². The third-order valence-electron chi connectivity index (χ3n) is 4.72. The number of nitrogens with zero attached hydrogens (tertiary/aromatic N) is 1. The summed E-state index contributed by atoms with van der Waals surface area (Å²) in [6.07, 6.45) is 7.00. The van der Waals surface area contributed by atoms with Gasteiger partial charge in [0.1, 0.15) is 5.82 Å². The van der Waals surface area contributed by atoms with Crippen molar-refractivity contribution in [1.82, 2.24) is 4.90 Å². The van der Waals surface area contributed by atoms with Gasteiger partial charge in [-0.1, -0.05) is 12.8 Å². The number of hydrogen-bond donors (Lipinski definition) is 1. The van der Waals surface area contributed by atoms with Crippen LogP contribution in [0.15, 0.2) is 18.2 Å². The van der Waals surface area contributed by atoms with E-state index in [0.717, 1.165) is 19.4 Å². The van der Waals surface area contributed by atoms with Gasteiger partial charge >= 0.3 is 0 Å². The predicted octanol–water partition coefficient (Wildman–Crippen LogP) is 3.20. The van der Waals surface area contributed by atoms with E-state index in [2.05, 4.69) is 0 Å². The second-order valence-corrected chi connectivity index (χ2v) is 5.99. The van der Waals surface area contributed by atoms with Crippen LogP contribution in [0.5, 0.6) is 0 Å². The summed E-state index contributed by atoms with van der Waals surface area (Å²) >= 11 is 0. The number of likely N-dealkylation sites (tertiary alicyclic amines) is 1. The second-order valence-electron chi connectivity index (χ2n) is 5.99. The molecule has 1 aliphatic carbocycles. The molecule has 0 spiro atoms. The highest BCUT2D eigenvalue weighted by Crippen LogP contribution is 2.36. The maximum absolute atomic E-state index is 13.9. The fourth-order valence-electron chi connectivity index (χ4n) is 3.74. The lowest BCUT2D eigenvalue weighted by atomic mass is 9.95. The Balaban J connectivity index is 1.83. The van der Waals surface area contributed by atoms with Crippen LogP contribution in [0.3, 0.4) is 0 Å². The molecule has 2 fully saturated rings. The van der Waals surface area contributed by atoms with Crippen LogP contribution < -0.4 is 5.73 Å². The molecule has 1 aromatic rings. The minimum Gasteiger partial charge on any atom is -0.399 e. The number of nitrogens with two attached hydrogens (primary N) is 1. The molecular formula is C16H21FN2O. The van der Waals surface area contributed by atoms with Crippen molar-refractivity contribution in [2.45, 2.75) is 44.6 Å². The lowest BCUT2D eigenvalue weighted by Gasteiger charge is -2.29. The first kappa shape index (κ1) is 13.4. The summed E-state index contributed by atoms with van der Waals surface area (Å²) in [6, 6.07) is 4.53. The second kappa shape index (κ2) is 5.43. The highest BCUT2D eigenvalue weighted by molar-refractivity contribution is 5.95. The Morgan fingerprint density at radius 1 is 1.20 bits per heavy atom. The van der Waals surface area contributed by atoms with Gasteiger partial charge in [0.2, 0.25) is 0 Å². The predicted molar refractivity (Wildman–Crippen MR) is 76.8 cm³/mol. The zero-order chi connectivity index (χ0) is 14.1. The van der Waals surface area contributed by atoms with Crippen molar-refractivity contribution in [3.63, 3.8) is 0 Å². The van der Waals surface area contributed by atoms with Gasteiger partial charge < -0.3 is 10.6 Å². The third kappa shape index (κ3) is 2.39. The topological polar surface area (TPSA) is 46.3 Å². The molecule has 0 bridgehead atoms. The molecular weight excluding hydrogens is 255 g/mol. The van der Waals surface area contributed by atoms with E-state index in [0.29, 0.717) is 17.6 Å². The molecule has 1 atom stereocenters. The third-order valence-corrected chi connectivity index (χ3v) is 4.72. The van der Waals surface area contributed by atoms with Crippen molar-refractivity contribution in [2.75, 3.05) is 12.3 Å². The van der Waals surface area contributed by atoms with E-state index in [9.17, 15) is 9.18 Å². The van der Waals surface area contributed by atoms with Crippen LogP contribution in [0.4, 0.5) is 10.1 Å². The first-order valence-electron chi connectivity index (χ1n) is 7.53. The molecule has 1 aromatic carbocycles. The standard InChI is InChI=1S/C16H21FN2O/c17-14-8-7-12(18)10-13(14)16(20)19-9-3-6-15(19)11-4-1-2-5-11/h7-8,10-11,15H,1-6,9,18H2. The van der Waals surface area contributed by atoms with Crippen molar-refractivity contribution < 1.29 is 9.18 Å². The molecule has 0 aromatic heterocycles. The van der Waals surface area contributed by atoms with Crippen molar-refractivity contribution in [2.24, 2.45) is 5.92 Å². The summed E-state index contributed by atoms with van der Waals surface area (Å²) in [5.74, 6) is -0.0592. The van der Waals surface area contributed by atoms with E-state index < -0.39 is 5.82 Å². The Kier molecular flexibility index (Phi) is 3.64. The quantitative estimate of drug-likeness (QED) is 0.843. The van der Waals surface area contributed by atoms with Crippen LogP contribution in [-0.4, -0.2) is 23.4 Å². The van der Waals surface area contributed by atoms with Crippen LogP contribution in [0, 0.1) is 11.7 Å². The number of carbonyl (C=O) groups is 1. The Morgan fingerprint density at radius 3 is 2.70 bits per heavy atom. The maximum atomic E-state index is 13.9. The fourth-order valence-corrected chi connectivity index (χ4v) is 3.74. The van der Waals surface area contributed by atoms with Gasteiger partial charge in [0.05, 0.1) is 5.56 Å². The zero-order valence-electron chi connectivity index (χ0n) is 11.6. The van der Waals surface area contributed by atoms with Crippen molar-refractivity contribution in [3.05, 3.63) is 29.6 Å². The molecule has 2 aliphatic rings. The Labute approximate surface area is 118 Å². The van der Waals surface area contributed by atoms with Gasteiger partial charge in [-0.15, -0.1) is 0 Å². The molecule has 2 N–H and O–H groups in total. The summed E-state index contributed by atoms with van der Waals surface area (Å²) in [7, 11) is 0. The molecule has 3 rings (SSSR count). The van der Waals surface area contributed by atoms with Crippen molar-refractivity contribution >= 4 is 11.6 Å². The minimum absolute atomic E-state index is 0.120. The van der Waals surface area contributed by atoms with Gasteiger partial charge in [-0.2, -0.15) is 0 Å². The molecule has 1 saturated heterocycles. The highest BCUT2D eigenvalue weighted by atomic mass is 19.1. The average Bonchev–Trinajstić information content (AvgIpc) is 3.10. The Morgan fingerprint density at radius 2 is 1.95 bits per heavy atom. The van der Waals surface area contributed by atoms with Gasteiger partial charge in [-0.25, -0.2) is 4.39 Å². The van der Waals surface area contributed by atoms with Crippen LogP contribution in [-0.2, 0) is 0 Å². The first-order chi connectivity index (χ1) is 9.66. The molecule has 1 amide bonds. The molecule has 1 aliphatic heterocycles. The summed E-state index contributed by atoms with van der Waals surface area (Å²) < 4.78 is 13.9. The number of carbonyl (C=O) groups excluding carboxylic acids is 1. The lowest BCUT2D eigenvalue weighted by molar-refractivity contribution is 0.0684. The number of anilines is 1. The summed E-state index contributed by atoms with van der Waals surface area (Å²) in [5.41, 5.74) is 6.24. The zero-order valence-corrected chi connectivity index (χ0v) is 11.6. The van der Waals surface area contributed by atoms with E-state index >= 15 is 0 Å². The molecule has 0 radical (unpaired) electrons. The molecule has 3 nitrogen and oxygen atoms in total. The van der Waals surface area contributed by atoms with Crippen molar-refractivity contribution in [1.29, 1.82) is 0 Å². The van der Waals surface area contributed by atoms with Gasteiger partial charge in [0.15, 0.2) is 0 Å². The van der Waals surface area contributed by atoms with E-state index in [1.165, 1.54) is 43.9 Å². The van der Waals surface area contributed by atoms with Crippen LogP contribution in [0.2, 0.25) is 0 Å². The number of benzene rings is 1. The molecule has 20 heavy (non-hydrogen) atoms. The van der Waals surface area contributed by atoms with E-state index in [1.807, 2.05) is 4.90 Å². The normalized spacial score (nSPS) is 23.4. The maximum Gasteiger partial charge on any atom is 0.257 e. The molecule has 1 heterocycles. The average molecular weight is 276 g/mol. The number of nitrogen functional groups attached to an aromatic ring is 1. The monoisotopic (exact) mass is 276 g/mol. The molecule has 4 heteroatoms. The van der Waals surface area contributed by atoms with Crippen molar-refractivity contribution in [3.8, 4) is 0 Å². The molecule has 1 saturated carbocycles. The van der Waals surface area contributed by atoms with Crippen LogP contribution in [0.1, 0.15) is 48.9 Å². The molecule has 1 unspecified atom stereocenters. The minimum atomic E-state index is -0.471. The van der Waals surface area contributed by atoms with Gasteiger partial charge in [0, 0.05) is 18.3 Å². The number of hydrogen-bond acceptors (Lipinski definition) is 2. The van der Waals surface area contributed by atoms with Crippen LogP contribution in [0.25, 0.3) is 0 Å². The first-order valence-corrected chi connectivity index (χ1v) is 7.53. The van der Waals surface area contributed by atoms with E-state index in [-0.39, 0.29) is 11.5 Å². The van der Waals surface area contributed by atoms with Gasteiger partial charge in [-0.05, 0) is 49.8 Å². The summed E-state index contributed by atoms with van der Waals surface area (Å²) in [4.78, 5) is 14.5. The van der Waals surface area contributed by atoms with E-state index in [1.54, 1.807) is 0 Å². The number of halogens is 1. The summed E-state index contributed by atoms with van der Waals surface area (Å²) in [6.45, 7) is 0.744. The Bertz CT molecular complexity index is 511. The highest BCUT2D eigenvalue weighted by Gasteiger charge is 2.36. The van der Waals surface area contributed by atoms with Gasteiger partial charge in [0.25, 0.3) is 5.91 Å². The lowest BCUT2D eigenvalue weighted by Crippen LogP contribution is -2.39. The smallest absolute Gasteiger partial charge is 0.257 e. The number of rotatable bonds is 2. The Hall–Kier alpha value is -1.58. The largest absolute Gasteiger partial charge is 0.399 e. The molecule has 108 valence electrons. The summed E-state index contributed by atoms with van der Waals surface area (Å²) in [5, 5.41) is 0.